The van der Waals surface area contributed by atoms with E-state index in [4.69, 9.17) is 28.3 Å². The number of hydrogen-bond acceptors (Lipinski definition) is 2. The van der Waals surface area contributed by atoms with Gasteiger partial charge in [0.25, 0.3) is 0 Å². The molecule has 0 saturated heterocycles. The summed E-state index contributed by atoms with van der Waals surface area (Å²) in [5, 5.41) is 18.2. The average Bonchev–Trinajstić information content (AvgIpc) is 2.24. The van der Waals surface area contributed by atoms with Crippen molar-refractivity contribution in [3.05, 3.63) is 0 Å². The summed E-state index contributed by atoms with van der Waals surface area (Å²) < 4.78 is -0.634. The first kappa shape index (κ1) is 17.5. The van der Waals surface area contributed by atoms with Crippen LogP contribution in [0.3, 0.4) is 0 Å². The highest BCUT2D eigenvalue weighted by Gasteiger charge is 2.34. The van der Waals surface area contributed by atoms with Gasteiger partial charge < -0.3 is 10.2 Å². The quantitative estimate of drug-likeness (QED) is 0.710. The van der Waals surface area contributed by atoms with Crippen molar-refractivity contribution in [3.8, 4) is 0 Å². The molecule has 0 aromatic rings. The molecule has 6 heteroatoms. The average molecular weight is 401 g/mol. The lowest BCUT2D eigenvalue weighted by atomic mass is 9.98. The van der Waals surface area contributed by atoms with Gasteiger partial charge in [-0.2, -0.15) is 0 Å². The molecule has 0 aromatic carbocycles. The Bertz CT molecular complexity index is 182. The fourth-order valence-electron chi connectivity index (χ4n) is 1.28. The van der Waals surface area contributed by atoms with Gasteiger partial charge in [-0.1, -0.05) is 38.3 Å². The fourth-order valence-corrected chi connectivity index (χ4v) is 2.75. The SMILES string of the molecule is OC(CCl)CCCl.OC1(Br)CCCCC1Br. The van der Waals surface area contributed by atoms with Gasteiger partial charge in [0.2, 0.25) is 0 Å². The van der Waals surface area contributed by atoms with E-state index in [1.807, 2.05) is 0 Å². The third-order valence-corrected chi connectivity index (χ3v) is 5.69. The molecule has 1 saturated carbocycles. The maximum Gasteiger partial charge on any atom is 0.131 e. The Balaban J connectivity index is 0.000000293. The van der Waals surface area contributed by atoms with Gasteiger partial charge in [0.05, 0.1) is 10.9 Å². The first-order chi connectivity index (χ1) is 7.44. The van der Waals surface area contributed by atoms with E-state index in [1.54, 1.807) is 0 Å². The van der Waals surface area contributed by atoms with Gasteiger partial charge in [0, 0.05) is 11.8 Å². The Labute approximate surface area is 124 Å². The third kappa shape index (κ3) is 7.72. The van der Waals surface area contributed by atoms with Crippen LogP contribution < -0.4 is 0 Å². The highest BCUT2D eigenvalue weighted by molar-refractivity contribution is 9.12. The number of aliphatic hydroxyl groups excluding tert-OH is 1. The maximum atomic E-state index is 9.51. The van der Waals surface area contributed by atoms with Crippen LogP contribution in [0.25, 0.3) is 0 Å². The molecule has 0 heterocycles. The van der Waals surface area contributed by atoms with Crippen molar-refractivity contribution in [1.29, 1.82) is 0 Å². The minimum atomic E-state index is -0.634. The number of alkyl halides is 4. The molecule has 2 N–H and O–H groups in total. The molecule has 16 heavy (non-hydrogen) atoms. The Hall–Kier alpha value is 1.46. The van der Waals surface area contributed by atoms with Crippen molar-refractivity contribution in [3.63, 3.8) is 0 Å². The van der Waals surface area contributed by atoms with Crippen molar-refractivity contribution in [2.45, 2.75) is 47.5 Å². The zero-order valence-corrected chi connectivity index (χ0v) is 13.7. The Morgan fingerprint density at radius 2 is 2.00 bits per heavy atom. The second-order valence-electron chi connectivity index (χ2n) is 3.82. The van der Waals surface area contributed by atoms with E-state index in [9.17, 15) is 5.11 Å². The molecule has 1 aliphatic rings. The summed E-state index contributed by atoms with van der Waals surface area (Å²) in [6, 6.07) is 0. The zero-order chi connectivity index (χ0) is 12.6. The number of halogens is 4. The Kier molecular flexibility index (Phi) is 10.3. The third-order valence-electron chi connectivity index (χ3n) is 2.34. The molecule has 1 fully saturated rings. The second-order valence-corrected chi connectivity index (χ2v) is 6.98. The molecule has 98 valence electrons. The van der Waals surface area contributed by atoms with Crippen molar-refractivity contribution >= 4 is 55.1 Å². The molecule has 3 unspecified atom stereocenters. The molecule has 1 rings (SSSR count). The van der Waals surface area contributed by atoms with Gasteiger partial charge in [-0.25, -0.2) is 0 Å². The molecule has 1 aliphatic carbocycles. The zero-order valence-electron chi connectivity index (χ0n) is 9.01. The summed E-state index contributed by atoms with van der Waals surface area (Å²) in [6.07, 6.45) is 4.46. The van der Waals surface area contributed by atoms with E-state index >= 15 is 0 Å². The summed E-state index contributed by atoms with van der Waals surface area (Å²) in [7, 11) is 0. The molecule has 0 amide bonds. The summed E-state index contributed by atoms with van der Waals surface area (Å²) in [4.78, 5) is 0.235. The lowest BCUT2D eigenvalue weighted by Gasteiger charge is -2.31. The first-order valence-electron chi connectivity index (χ1n) is 5.29. The maximum absolute atomic E-state index is 9.51. The van der Waals surface area contributed by atoms with Gasteiger partial charge in [0.1, 0.15) is 4.51 Å². The summed E-state index contributed by atoms with van der Waals surface area (Å²) in [5.74, 6) is 0.764. The predicted octanol–water partition coefficient (Wildman–Crippen LogP) is 3.62. The first-order valence-corrected chi connectivity index (χ1v) is 8.07. The minimum Gasteiger partial charge on any atom is -0.392 e. The molecular formula is C10H18Br2Cl2O2. The van der Waals surface area contributed by atoms with Crippen LogP contribution in [-0.4, -0.2) is 37.4 Å². The van der Waals surface area contributed by atoms with Gasteiger partial charge in [-0.15, -0.1) is 23.2 Å². The highest BCUT2D eigenvalue weighted by Crippen LogP contribution is 2.37. The van der Waals surface area contributed by atoms with E-state index in [0.717, 1.165) is 19.3 Å². The standard InChI is InChI=1S/C6H10Br2O.C4H8Cl2O/c7-5-3-1-2-4-6(5,8)9;5-2-1-4(7)3-6/h5,9H,1-4H2;4,7H,1-3H2. The predicted molar refractivity (Wildman–Crippen MR) is 77.1 cm³/mol. The Morgan fingerprint density at radius 1 is 1.38 bits per heavy atom. The van der Waals surface area contributed by atoms with E-state index in [0.29, 0.717) is 12.3 Å². The van der Waals surface area contributed by atoms with Crippen LogP contribution in [0, 0.1) is 0 Å². The van der Waals surface area contributed by atoms with E-state index in [2.05, 4.69) is 31.9 Å². The second kappa shape index (κ2) is 9.40. The van der Waals surface area contributed by atoms with Crippen LogP contribution in [-0.2, 0) is 0 Å². The largest absolute Gasteiger partial charge is 0.392 e. The van der Waals surface area contributed by atoms with E-state index in [-0.39, 0.29) is 10.7 Å². The summed E-state index contributed by atoms with van der Waals surface area (Å²) in [5.41, 5.74) is 0. The normalized spacial score (nSPS) is 31.5. The fraction of sp³-hybridized carbons (Fsp3) is 1.00. The van der Waals surface area contributed by atoms with Crippen LogP contribution in [0.2, 0.25) is 0 Å². The molecule has 0 aromatic heterocycles. The van der Waals surface area contributed by atoms with Crippen LogP contribution in [0.4, 0.5) is 0 Å². The topological polar surface area (TPSA) is 40.5 Å². The summed E-state index contributed by atoms with van der Waals surface area (Å²) in [6.45, 7) is 0. The van der Waals surface area contributed by atoms with Crippen molar-refractivity contribution in [2.24, 2.45) is 0 Å². The molecule has 3 atom stereocenters. The van der Waals surface area contributed by atoms with Crippen molar-refractivity contribution < 1.29 is 10.2 Å². The Morgan fingerprint density at radius 3 is 2.25 bits per heavy atom. The van der Waals surface area contributed by atoms with Crippen LogP contribution in [0.1, 0.15) is 32.1 Å². The van der Waals surface area contributed by atoms with E-state index in [1.165, 1.54) is 6.42 Å². The van der Waals surface area contributed by atoms with Crippen LogP contribution in [0.5, 0.6) is 0 Å². The van der Waals surface area contributed by atoms with Crippen LogP contribution >= 0.6 is 55.1 Å². The lowest BCUT2D eigenvalue weighted by Crippen LogP contribution is -2.34. The molecule has 0 bridgehead atoms. The summed E-state index contributed by atoms with van der Waals surface area (Å²) >= 11 is 17.2. The van der Waals surface area contributed by atoms with Gasteiger partial charge in [-0.3, -0.25) is 0 Å². The smallest absolute Gasteiger partial charge is 0.131 e. The van der Waals surface area contributed by atoms with E-state index < -0.39 is 10.6 Å². The molecule has 0 spiro atoms. The lowest BCUT2D eigenvalue weighted by molar-refractivity contribution is 0.111. The monoisotopic (exact) mass is 398 g/mol. The molecular weight excluding hydrogens is 383 g/mol. The van der Waals surface area contributed by atoms with Crippen molar-refractivity contribution in [2.75, 3.05) is 11.8 Å². The minimum absolute atomic E-state index is 0.235. The number of hydrogen-bond donors (Lipinski definition) is 2. The molecule has 0 aliphatic heterocycles. The molecule has 2 nitrogen and oxygen atoms in total. The number of aliphatic hydroxyl groups is 2. The van der Waals surface area contributed by atoms with Gasteiger partial charge in [-0.05, 0) is 25.7 Å². The van der Waals surface area contributed by atoms with Crippen molar-refractivity contribution in [1.82, 2.24) is 0 Å². The number of rotatable bonds is 3. The molecule has 0 radical (unpaired) electrons. The van der Waals surface area contributed by atoms with Gasteiger partial charge in [0.15, 0.2) is 0 Å². The highest BCUT2D eigenvalue weighted by atomic mass is 79.9. The van der Waals surface area contributed by atoms with Gasteiger partial charge >= 0.3 is 0 Å². The van der Waals surface area contributed by atoms with Crippen LogP contribution in [0.15, 0.2) is 0 Å².